The Hall–Kier alpha value is -2.66. The fourth-order valence-corrected chi connectivity index (χ4v) is 4.19. The summed E-state index contributed by atoms with van der Waals surface area (Å²) in [7, 11) is -2.94. The number of hydrogen-bond acceptors (Lipinski definition) is 8. The lowest BCUT2D eigenvalue weighted by molar-refractivity contribution is -0.213. The number of aromatic nitrogens is 2. The third kappa shape index (κ3) is 6.76. The second-order valence-corrected chi connectivity index (χ2v) is 14.1. The summed E-state index contributed by atoms with van der Waals surface area (Å²) >= 11 is 0. The molecule has 1 N–H and O–H groups in total. The van der Waals surface area contributed by atoms with E-state index in [0.717, 1.165) is 12.3 Å². The van der Waals surface area contributed by atoms with Gasteiger partial charge in [0.15, 0.2) is 20.6 Å². The minimum Gasteiger partial charge on any atom is -0.456 e. The maximum absolute atomic E-state index is 13.0. The average Bonchev–Trinajstić information content (AvgIpc) is 3.00. The number of halogens is 6. The minimum absolute atomic E-state index is 0.576. The summed E-state index contributed by atoms with van der Waals surface area (Å²) in [6.45, 7) is 7.32. The fraction of sp³-hybridized carbons (Fsp3) is 0.684. The van der Waals surface area contributed by atoms with Crippen LogP contribution in [-0.4, -0.2) is 67.1 Å². The molecule has 2 unspecified atom stereocenters. The topological polar surface area (TPSA) is 126 Å². The molecule has 0 spiro atoms. The van der Waals surface area contributed by atoms with Crippen LogP contribution in [0.5, 0.6) is 0 Å². The first-order chi connectivity index (χ1) is 16.1. The average molecular weight is 550 g/mol. The second-order valence-electron chi connectivity index (χ2n) is 9.39. The number of nitrogens with one attached hydrogen (secondary N) is 1. The molecule has 2 rings (SSSR count). The Kier molecular flexibility index (Phi) is 8.22. The Morgan fingerprint density at radius 1 is 1.03 bits per heavy atom. The van der Waals surface area contributed by atoms with Crippen molar-refractivity contribution in [2.24, 2.45) is 0 Å². The highest BCUT2D eigenvalue weighted by Crippen LogP contribution is 2.42. The summed E-state index contributed by atoms with van der Waals surface area (Å²) in [5, 5.41) is -0.576. The van der Waals surface area contributed by atoms with E-state index in [9.17, 15) is 45.5 Å². The molecule has 0 radical (unpaired) electrons. The molecule has 0 aliphatic carbocycles. The lowest BCUT2D eigenvalue weighted by Gasteiger charge is -2.40. The summed E-state index contributed by atoms with van der Waals surface area (Å²) < 4.78 is 97.8. The van der Waals surface area contributed by atoms with Gasteiger partial charge in [0.2, 0.25) is 0 Å². The number of ether oxygens (including phenoxy) is 3. The summed E-state index contributed by atoms with van der Waals surface area (Å²) in [5.41, 5.74) is -1.92. The van der Waals surface area contributed by atoms with Gasteiger partial charge in [-0.1, -0.05) is 20.8 Å². The van der Waals surface area contributed by atoms with Gasteiger partial charge in [0, 0.05) is 12.3 Å². The van der Waals surface area contributed by atoms with E-state index in [4.69, 9.17) is 9.16 Å². The molecular formula is C19H24F6N2O8Si. The Bertz CT molecular complexity index is 1090. The highest BCUT2D eigenvalue weighted by Gasteiger charge is 2.56. The number of aromatic amines is 1. The Balaban J connectivity index is 2.58. The summed E-state index contributed by atoms with van der Waals surface area (Å²) in [5.74, 6) is -5.37. The number of carbonyl (C=O) groups is 2. The summed E-state index contributed by atoms with van der Waals surface area (Å²) in [4.78, 5) is 48.6. The van der Waals surface area contributed by atoms with Crippen LogP contribution in [0, 0.1) is 0 Å². The lowest BCUT2D eigenvalue weighted by Crippen LogP contribution is -2.51. The number of rotatable bonds is 6. The molecule has 10 nitrogen and oxygen atoms in total. The van der Waals surface area contributed by atoms with Crippen molar-refractivity contribution >= 4 is 20.3 Å². The van der Waals surface area contributed by atoms with Crippen molar-refractivity contribution in [1.29, 1.82) is 0 Å². The van der Waals surface area contributed by atoms with Crippen LogP contribution in [0.15, 0.2) is 21.9 Å². The van der Waals surface area contributed by atoms with Crippen molar-refractivity contribution in [2.75, 3.05) is 6.61 Å². The third-order valence-corrected chi connectivity index (χ3v) is 10.2. The number of esters is 2. The zero-order valence-corrected chi connectivity index (χ0v) is 20.7. The van der Waals surface area contributed by atoms with Crippen LogP contribution in [0.3, 0.4) is 0 Å². The standard InChI is InChI=1S/C19H24F6N2O8Si/c1-17(2,3)36(4,5)35-12-11(34-15(30)19(23,24)25)9(8-32-14(29)18(20,21)22)33-13(12)27-7-6-10(28)26-16(27)31/h6-7,9,11-13H,8H2,1-5H3,(H,26,28,31)/t9-,11?,12?,13-/m0/s1. The van der Waals surface area contributed by atoms with Crippen molar-refractivity contribution in [2.45, 2.75) is 75.8 Å². The van der Waals surface area contributed by atoms with Gasteiger partial charge in [-0.15, -0.1) is 0 Å². The molecule has 1 aliphatic rings. The molecule has 2 heterocycles. The maximum atomic E-state index is 13.0. The van der Waals surface area contributed by atoms with E-state index in [1.165, 1.54) is 0 Å². The van der Waals surface area contributed by atoms with E-state index in [-0.39, 0.29) is 0 Å². The van der Waals surface area contributed by atoms with Crippen LogP contribution in [0.4, 0.5) is 26.3 Å². The molecule has 4 atom stereocenters. The van der Waals surface area contributed by atoms with Gasteiger partial charge in [0.1, 0.15) is 18.8 Å². The fourth-order valence-electron chi connectivity index (χ4n) is 2.91. The number of alkyl halides is 6. The van der Waals surface area contributed by atoms with Gasteiger partial charge >= 0.3 is 30.0 Å². The van der Waals surface area contributed by atoms with Crippen molar-refractivity contribution in [3.8, 4) is 0 Å². The van der Waals surface area contributed by atoms with E-state index in [2.05, 4.69) is 9.47 Å². The van der Waals surface area contributed by atoms with Gasteiger partial charge in [0.25, 0.3) is 5.56 Å². The summed E-state index contributed by atoms with van der Waals surface area (Å²) in [6.07, 6.45) is -17.3. The van der Waals surface area contributed by atoms with Crippen LogP contribution < -0.4 is 11.2 Å². The number of hydrogen-bond donors (Lipinski definition) is 1. The number of nitrogens with zero attached hydrogens (tertiary/aromatic N) is 1. The van der Waals surface area contributed by atoms with Crippen LogP contribution >= 0.6 is 0 Å². The molecule has 0 amide bonds. The molecule has 0 saturated carbocycles. The van der Waals surface area contributed by atoms with Gasteiger partial charge in [0.05, 0.1) is 0 Å². The van der Waals surface area contributed by atoms with Gasteiger partial charge in [-0.25, -0.2) is 14.4 Å². The third-order valence-electron chi connectivity index (χ3n) is 5.73. The van der Waals surface area contributed by atoms with Gasteiger partial charge in [-0.2, -0.15) is 26.3 Å². The highest BCUT2D eigenvalue weighted by atomic mass is 28.4. The second kappa shape index (κ2) is 10.0. The monoisotopic (exact) mass is 550 g/mol. The molecule has 17 heteroatoms. The predicted octanol–water partition coefficient (Wildman–Crippen LogP) is 2.40. The summed E-state index contributed by atoms with van der Waals surface area (Å²) in [6, 6.07) is 0.877. The Morgan fingerprint density at radius 2 is 1.58 bits per heavy atom. The normalized spacial score (nSPS) is 23.4. The molecule has 1 saturated heterocycles. The number of carbonyl (C=O) groups excluding carboxylic acids is 2. The van der Waals surface area contributed by atoms with Crippen LogP contribution in [0.2, 0.25) is 18.1 Å². The van der Waals surface area contributed by atoms with E-state index >= 15 is 0 Å². The first-order valence-electron chi connectivity index (χ1n) is 10.3. The predicted molar refractivity (Wildman–Crippen MR) is 110 cm³/mol. The molecule has 1 aromatic heterocycles. The van der Waals surface area contributed by atoms with Crippen LogP contribution in [0.1, 0.15) is 27.0 Å². The zero-order valence-electron chi connectivity index (χ0n) is 19.7. The largest absolute Gasteiger partial charge is 0.490 e. The smallest absolute Gasteiger partial charge is 0.456 e. The molecule has 1 fully saturated rings. The first-order valence-corrected chi connectivity index (χ1v) is 13.2. The van der Waals surface area contributed by atoms with Gasteiger partial charge < -0.3 is 18.6 Å². The highest BCUT2D eigenvalue weighted by molar-refractivity contribution is 6.74. The molecule has 0 aromatic carbocycles. The Morgan fingerprint density at radius 3 is 2.06 bits per heavy atom. The van der Waals surface area contributed by atoms with Gasteiger partial charge in [-0.3, -0.25) is 14.3 Å². The van der Waals surface area contributed by atoms with Crippen molar-refractivity contribution in [3.05, 3.63) is 33.1 Å². The quantitative estimate of drug-likeness (QED) is 0.325. The van der Waals surface area contributed by atoms with E-state index in [0.29, 0.717) is 4.57 Å². The number of H-pyrrole nitrogens is 1. The van der Waals surface area contributed by atoms with Crippen molar-refractivity contribution in [3.63, 3.8) is 0 Å². The minimum atomic E-state index is -5.50. The Labute approximate surface area is 200 Å². The molecule has 0 bridgehead atoms. The van der Waals surface area contributed by atoms with Crippen LogP contribution in [0.25, 0.3) is 0 Å². The van der Waals surface area contributed by atoms with Crippen molar-refractivity contribution in [1.82, 2.24) is 9.55 Å². The zero-order chi connectivity index (χ0) is 27.9. The van der Waals surface area contributed by atoms with E-state index in [1.807, 2.05) is 4.98 Å². The molecule has 1 aliphatic heterocycles. The SMILES string of the molecule is CC(C)(C)[Si](C)(C)OC1C(OC(=O)C(F)(F)F)[C@H](COC(=O)C(F)(F)F)O[C@@H]1n1ccc(=O)[nH]c1=O. The molecule has 1 aromatic rings. The van der Waals surface area contributed by atoms with Crippen molar-refractivity contribution < 1.29 is 54.6 Å². The lowest BCUT2D eigenvalue weighted by atomic mass is 10.1. The van der Waals surface area contributed by atoms with Crippen LogP contribution in [-0.2, 0) is 28.2 Å². The first kappa shape index (κ1) is 29.6. The van der Waals surface area contributed by atoms with E-state index < -0.39 is 80.0 Å². The van der Waals surface area contributed by atoms with Gasteiger partial charge in [-0.05, 0) is 18.1 Å². The van der Waals surface area contributed by atoms with E-state index in [1.54, 1.807) is 33.9 Å². The maximum Gasteiger partial charge on any atom is 0.490 e. The molecule has 204 valence electrons. The molecular weight excluding hydrogens is 526 g/mol. The molecule has 36 heavy (non-hydrogen) atoms.